The second-order valence-corrected chi connectivity index (χ2v) is 3.09. The third-order valence-electron chi connectivity index (χ3n) is 2.01. The summed E-state index contributed by atoms with van der Waals surface area (Å²) in [6, 6.07) is 0. The minimum Gasteiger partial charge on any atom is -0.464 e. The summed E-state index contributed by atoms with van der Waals surface area (Å²) < 4.78 is 15.0. The number of aromatic nitrogens is 1. The number of hydrogen-bond donors (Lipinski definition) is 1. The van der Waals surface area contributed by atoms with E-state index in [-0.39, 0.29) is 19.1 Å². The van der Waals surface area contributed by atoms with Gasteiger partial charge in [0.05, 0.1) is 12.3 Å². The highest BCUT2D eigenvalue weighted by molar-refractivity contribution is 5.75. The Hall–Kier alpha value is -1.40. The minimum absolute atomic E-state index is 0.0995. The molecule has 6 heteroatoms. The number of ether oxygens (including phenoxy) is 2. The molecule has 0 saturated carbocycles. The zero-order chi connectivity index (χ0) is 12.1. The van der Waals surface area contributed by atoms with E-state index in [9.17, 15) is 4.79 Å². The first kappa shape index (κ1) is 12.7. The predicted molar refractivity (Wildman–Crippen MR) is 53.5 cm³/mol. The summed E-state index contributed by atoms with van der Waals surface area (Å²) in [5, 5.41) is 8.94. The van der Waals surface area contributed by atoms with E-state index in [2.05, 4.69) is 4.98 Å². The van der Waals surface area contributed by atoms with E-state index >= 15 is 0 Å². The van der Waals surface area contributed by atoms with Gasteiger partial charge in [-0.25, -0.2) is 9.78 Å². The smallest absolute Gasteiger partial charge is 0.345 e. The fourth-order valence-corrected chi connectivity index (χ4v) is 1.23. The van der Waals surface area contributed by atoms with Crippen LogP contribution in [0.3, 0.4) is 0 Å². The molecule has 1 aromatic heterocycles. The van der Waals surface area contributed by atoms with Crippen LogP contribution in [0.1, 0.15) is 30.4 Å². The van der Waals surface area contributed by atoms with Crippen molar-refractivity contribution in [3.63, 3.8) is 0 Å². The molecule has 0 saturated heterocycles. The van der Waals surface area contributed by atoms with Crippen molar-refractivity contribution in [1.82, 2.24) is 4.98 Å². The Morgan fingerprint density at radius 2 is 2.31 bits per heavy atom. The molecule has 0 aromatic carbocycles. The quantitative estimate of drug-likeness (QED) is 0.749. The molecule has 90 valence electrons. The Bertz CT molecular complexity index is 360. The van der Waals surface area contributed by atoms with Gasteiger partial charge < -0.3 is 19.0 Å². The predicted octanol–water partition coefficient (Wildman–Crippen LogP) is 0.726. The van der Waals surface area contributed by atoms with Gasteiger partial charge in [0.1, 0.15) is 6.61 Å². The number of aliphatic hydroxyl groups is 1. The van der Waals surface area contributed by atoms with Gasteiger partial charge in [-0.3, -0.25) is 0 Å². The summed E-state index contributed by atoms with van der Waals surface area (Å²) in [6.07, 6.45) is -0.987. The van der Waals surface area contributed by atoms with E-state index in [1.807, 2.05) is 0 Å². The number of methoxy groups -OCH3 is 1. The number of oxazole rings is 1. The Morgan fingerprint density at radius 3 is 2.75 bits per heavy atom. The molecule has 0 aliphatic heterocycles. The van der Waals surface area contributed by atoms with Crippen molar-refractivity contribution in [3.8, 4) is 0 Å². The summed E-state index contributed by atoms with van der Waals surface area (Å²) in [5.41, 5.74) is 0.531. The number of aliphatic hydroxyl groups excluding tert-OH is 1. The van der Waals surface area contributed by atoms with Crippen LogP contribution < -0.4 is 0 Å². The molecule has 0 fully saturated rings. The SMILES string of the molecule is CCOC(=O)C(OC)c1nc(C)c(CO)o1. The molecule has 0 amide bonds. The van der Waals surface area contributed by atoms with Gasteiger partial charge in [-0.05, 0) is 13.8 Å². The van der Waals surface area contributed by atoms with Crippen molar-refractivity contribution in [2.45, 2.75) is 26.6 Å². The first-order valence-electron chi connectivity index (χ1n) is 4.90. The van der Waals surface area contributed by atoms with Crippen LogP contribution in [0, 0.1) is 6.92 Å². The first-order chi connectivity index (χ1) is 7.63. The zero-order valence-corrected chi connectivity index (χ0v) is 9.52. The van der Waals surface area contributed by atoms with E-state index in [0.717, 1.165) is 0 Å². The van der Waals surface area contributed by atoms with E-state index in [1.54, 1.807) is 13.8 Å². The van der Waals surface area contributed by atoms with Gasteiger partial charge in [-0.15, -0.1) is 0 Å². The highest BCUT2D eigenvalue weighted by Gasteiger charge is 2.27. The number of nitrogens with zero attached hydrogens (tertiary/aromatic N) is 1. The van der Waals surface area contributed by atoms with Gasteiger partial charge in [0.2, 0.25) is 12.0 Å². The normalized spacial score (nSPS) is 12.5. The molecule has 1 unspecified atom stereocenters. The summed E-state index contributed by atoms with van der Waals surface area (Å²) in [5.74, 6) is -0.139. The van der Waals surface area contributed by atoms with E-state index < -0.39 is 12.1 Å². The monoisotopic (exact) mass is 229 g/mol. The molecule has 16 heavy (non-hydrogen) atoms. The first-order valence-corrected chi connectivity index (χ1v) is 4.90. The van der Waals surface area contributed by atoms with Crippen molar-refractivity contribution in [1.29, 1.82) is 0 Å². The van der Waals surface area contributed by atoms with Crippen LogP contribution >= 0.6 is 0 Å². The molecule has 0 radical (unpaired) electrons. The van der Waals surface area contributed by atoms with Crippen LogP contribution in [0.4, 0.5) is 0 Å². The van der Waals surface area contributed by atoms with Crippen LogP contribution in [-0.4, -0.2) is 29.8 Å². The molecule has 0 spiro atoms. The zero-order valence-electron chi connectivity index (χ0n) is 9.52. The summed E-state index contributed by atoms with van der Waals surface area (Å²) >= 11 is 0. The topological polar surface area (TPSA) is 81.8 Å². The second kappa shape index (κ2) is 5.62. The van der Waals surface area contributed by atoms with Crippen molar-refractivity contribution in [2.24, 2.45) is 0 Å². The average molecular weight is 229 g/mol. The minimum atomic E-state index is -0.987. The van der Waals surface area contributed by atoms with Gasteiger partial charge in [0, 0.05) is 7.11 Å². The standard InChI is InChI=1S/C10H15NO5/c1-4-15-10(13)8(14-3)9-11-6(2)7(5-12)16-9/h8,12H,4-5H2,1-3H3. The van der Waals surface area contributed by atoms with Crippen molar-refractivity contribution in [2.75, 3.05) is 13.7 Å². The van der Waals surface area contributed by atoms with Crippen LogP contribution in [-0.2, 0) is 20.9 Å². The lowest BCUT2D eigenvalue weighted by molar-refractivity contribution is -0.156. The van der Waals surface area contributed by atoms with Crippen LogP contribution in [0.2, 0.25) is 0 Å². The second-order valence-electron chi connectivity index (χ2n) is 3.09. The Labute approximate surface area is 93.2 Å². The molecule has 1 rings (SSSR count). The molecule has 0 aliphatic rings. The van der Waals surface area contributed by atoms with Gasteiger partial charge >= 0.3 is 5.97 Å². The van der Waals surface area contributed by atoms with Crippen LogP contribution in [0.15, 0.2) is 4.42 Å². The molecule has 0 bridgehead atoms. The molecular weight excluding hydrogens is 214 g/mol. The highest BCUT2D eigenvalue weighted by Crippen LogP contribution is 2.20. The lowest BCUT2D eigenvalue weighted by Crippen LogP contribution is -2.18. The fraction of sp³-hybridized carbons (Fsp3) is 0.600. The Balaban J connectivity index is 2.90. The molecular formula is C10H15NO5. The number of aryl methyl sites for hydroxylation is 1. The summed E-state index contributed by atoms with van der Waals surface area (Å²) in [6.45, 7) is 3.37. The van der Waals surface area contributed by atoms with Crippen molar-refractivity contribution >= 4 is 5.97 Å². The lowest BCUT2D eigenvalue weighted by atomic mass is 10.3. The molecule has 0 aliphatic carbocycles. The number of carbonyl (C=O) groups is 1. The molecule has 1 aromatic rings. The summed E-state index contributed by atoms with van der Waals surface area (Å²) in [4.78, 5) is 15.5. The third kappa shape index (κ3) is 2.59. The molecule has 1 heterocycles. The van der Waals surface area contributed by atoms with Crippen LogP contribution in [0.25, 0.3) is 0 Å². The third-order valence-corrected chi connectivity index (χ3v) is 2.01. The Kier molecular flexibility index (Phi) is 4.45. The van der Waals surface area contributed by atoms with E-state index in [0.29, 0.717) is 11.5 Å². The van der Waals surface area contributed by atoms with Crippen molar-refractivity contribution < 1.29 is 23.8 Å². The van der Waals surface area contributed by atoms with E-state index in [1.165, 1.54) is 7.11 Å². The lowest BCUT2D eigenvalue weighted by Gasteiger charge is -2.09. The molecule has 1 N–H and O–H groups in total. The highest BCUT2D eigenvalue weighted by atomic mass is 16.6. The van der Waals surface area contributed by atoms with Gasteiger partial charge in [0.15, 0.2) is 5.76 Å². The summed E-state index contributed by atoms with van der Waals surface area (Å²) in [7, 11) is 1.36. The van der Waals surface area contributed by atoms with Gasteiger partial charge in [0.25, 0.3) is 0 Å². The number of rotatable bonds is 5. The maximum atomic E-state index is 11.5. The number of esters is 1. The number of hydrogen-bond acceptors (Lipinski definition) is 6. The number of carbonyl (C=O) groups excluding carboxylic acids is 1. The Morgan fingerprint density at radius 1 is 1.62 bits per heavy atom. The average Bonchev–Trinajstić information content (AvgIpc) is 2.61. The maximum Gasteiger partial charge on any atom is 0.345 e. The van der Waals surface area contributed by atoms with Crippen LogP contribution in [0.5, 0.6) is 0 Å². The molecule has 6 nitrogen and oxygen atoms in total. The fourth-order valence-electron chi connectivity index (χ4n) is 1.23. The van der Waals surface area contributed by atoms with Crippen molar-refractivity contribution in [3.05, 3.63) is 17.3 Å². The van der Waals surface area contributed by atoms with E-state index in [4.69, 9.17) is 19.0 Å². The van der Waals surface area contributed by atoms with Gasteiger partial charge in [-0.1, -0.05) is 0 Å². The maximum absolute atomic E-state index is 11.5. The largest absolute Gasteiger partial charge is 0.464 e. The van der Waals surface area contributed by atoms with Gasteiger partial charge in [-0.2, -0.15) is 0 Å². The molecule has 1 atom stereocenters.